The number of anilines is 1. The van der Waals surface area contributed by atoms with Gasteiger partial charge in [-0.1, -0.05) is 29.3 Å². The number of hydrogen-bond acceptors (Lipinski definition) is 5. The highest BCUT2D eigenvalue weighted by Crippen LogP contribution is 2.32. The standard InChI is InChI=1S/C15H14ClN3O.C7H13NO.C4H8/c1-17-15-12-7-10(3-5-14(12)18-19-15)11-6-9(8-20)2-4-13(11)16;1-8-4-2-7(6-9)3-5-8;1-4(2)3/h2-7,20H,8H2,1H3,(H2,17,18,19);6-7H,2-5H2,1H3;1H2,2-3H3. The molecule has 2 aromatic carbocycles. The number of carbonyl (C=O) groups excluding carboxylic acids is 1. The van der Waals surface area contributed by atoms with Crippen molar-refractivity contribution in [3.05, 3.63) is 59.1 Å². The molecule has 0 radical (unpaired) electrons. The number of fused-ring (bicyclic) bond motifs is 1. The predicted octanol–water partition coefficient (Wildman–Crippen LogP) is 5.53. The molecule has 3 N–H and O–H groups in total. The average Bonchev–Trinajstić information content (AvgIpc) is 3.22. The minimum Gasteiger partial charge on any atom is -0.392 e. The summed E-state index contributed by atoms with van der Waals surface area (Å²) in [6.07, 6.45) is 3.20. The van der Waals surface area contributed by atoms with Crippen molar-refractivity contribution >= 4 is 34.6 Å². The minimum atomic E-state index is -0.000110. The van der Waals surface area contributed by atoms with Crippen LogP contribution in [0.1, 0.15) is 32.3 Å². The third-order valence-corrected chi connectivity index (χ3v) is 5.61. The van der Waals surface area contributed by atoms with Crippen LogP contribution in [-0.2, 0) is 11.4 Å². The zero-order chi connectivity index (χ0) is 24.4. The number of aldehydes is 1. The average molecular weight is 471 g/mol. The minimum absolute atomic E-state index is 0.000110. The van der Waals surface area contributed by atoms with Crippen LogP contribution in [0.2, 0.25) is 5.02 Å². The van der Waals surface area contributed by atoms with E-state index in [2.05, 4.69) is 34.0 Å². The summed E-state index contributed by atoms with van der Waals surface area (Å²) < 4.78 is 0. The van der Waals surface area contributed by atoms with Crippen LogP contribution in [0, 0.1) is 5.92 Å². The van der Waals surface area contributed by atoms with Gasteiger partial charge in [-0.15, -0.1) is 6.58 Å². The molecule has 0 saturated carbocycles. The van der Waals surface area contributed by atoms with Crippen molar-refractivity contribution in [2.45, 2.75) is 33.3 Å². The van der Waals surface area contributed by atoms with Gasteiger partial charge in [0.25, 0.3) is 0 Å². The number of allylic oxidation sites excluding steroid dienone is 1. The van der Waals surface area contributed by atoms with Gasteiger partial charge in [0.1, 0.15) is 6.29 Å². The number of aromatic amines is 1. The molecule has 0 unspecified atom stereocenters. The van der Waals surface area contributed by atoms with Crippen LogP contribution < -0.4 is 5.32 Å². The second kappa shape index (κ2) is 13.1. The normalized spacial score (nSPS) is 14.0. The zero-order valence-corrected chi connectivity index (χ0v) is 20.7. The summed E-state index contributed by atoms with van der Waals surface area (Å²) in [5.41, 5.74) is 4.87. The molecule has 0 aliphatic carbocycles. The fourth-order valence-electron chi connectivity index (χ4n) is 3.43. The molecule has 0 spiro atoms. The van der Waals surface area contributed by atoms with E-state index in [0.717, 1.165) is 65.6 Å². The summed E-state index contributed by atoms with van der Waals surface area (Å²) in [4.78, 5) is 12.5. The Balaban J connectivity index is 0.000000246. The van der Waals surface area contributed by atoms with Crippen LogP contribution in [0.15, 0.2) is 48.6 Å². The van der Waals surface area contributed by atoms with Gasteiger partial charge in [-0.2, -0.15) is 5.10 Å². The Bertz CT molecular complexity index is 1050. The van der Waals surface area contributed by atoms with Crippen LogP contribution in [0.4, 0.5) is 5.82 Å². The van der Waals surface area contributed by atoms with E-state index < -0.39 is 0 Å². The molecule has 1 saturated heterocycles. The molecule has 178 valence electrons. The molecule has 6 nitrogen and oxygen atoms in total. The lowest BCUT2D eigenvalue weighted by Crippen LogP contribution is -2.30. The quantitative estimate of drug-likeness (QED) is 0.345. The summed E-state index contributed by atoms with van der Waals surface area (Å²) >= 11 is 6.27. The Kier molecular flexibility index (Phi) is 10.6. The number of aromatic nitrogens is 2. The summed E-state index contributed by atoms with van der Waals surface area (Å²) in [5, 5.41) is 21.1. The van der Waals surface area contributed by atoms with E-state index in [1.54, 1.807) is 6.07 Å². The van der Waals surface area contributed by atoms with Gasteiger partial charge < -0.3 is 20.1 Å². The third-order valence-electron chi connectivity index (χ3n) is 5.28. The van der Waals surface area contributed by atoms with Gasteiger partial charge in [0, 0.05) is 28.9 Å². The van der Waals surface area contributed by atoms with Gasteiger partial charge >= 0.3 is 0 Å². The Labute approximate surface area is 201 Å². The Morgan fingerprint density at radius 3 is 2.52 bits per heavy atom. The van der Waals surface area contributed by atoms with E-state index in [4.69, 9.17) is 11.6 Å². The number of rotatable bonds is 4. The SMILES string of the molecule is C=C(C)C.CN1CCC(C=O)CC1.CNc1n[nH]c2ccc(-c3cc(CO)ccc3Cl)cc12. The first-order valence-corrected chi connectivity index (χ1v) is 11.5. The smallest absolute Gasteiger partial charge is 0.155 e. The number of carbonyl (C=O) groups is 1. The van der Waals surface area contributed by atoms with E-state index >= 15 is 0 Å². The number of nitrogens with one attached hydrogen (secondary N) is 2. The van der Waals surface area contributed by atoms with E-state index in [1.165, 1.54) is 5.57 Å². The molecule has 0 amide bonds. The first-order chi connectivity index (χ1) is 15.8. The second-order valence-electron chi connectivity index (χ2n) is 8.54. The maximum absolute atomic E-state index is 10.2. The highest BCUT2D eigenvalue weighted by molar-refractivity contribution is 6.33. The largest absolute Gasteiger partial charge is 0.392 e. The van der Waals surface area contributed by atoms with E-state index in [-0.39, 0.29) is 6.61 Å². The number of hydrogen-bond donors (Lipinski definition) is 3. The lowest BCUT2D eigenvalue weighted by Gasteiger charge is -2.25. The summed E-state index contributed by atoms with van der Waals surface area (Å²) in [7, 11) is 3.93. The fraction of sp³-hybridized carbons (Fsp3) is 0.385. The van der Waals surface area contributed by atoms with Crippen LogP contribution in [0.25, 0.3) is 22.0 Å². The molecule has 1 aliphatic rings. The highest BCUT2D eigenvalue weighted by atomic mass is 35.5. The van der Waals surface area contributed by atoms with Crippen LogP contribution in [0.3, 0.4) is 0 Å². The monoisotopic (exact) mass is 470 g/mol. The Morgan fingerprint density at radius 2 is 1.94 bits per heavy atom. The van der Waals surface area contributed by atoms with Gasteiger partial charge in [-0.3, -0.25) is 5.10 Å². The molecule has 0 bridgehead atoms. The van der Waals surface area contributed by atoms with Crippen molar-refractivity contribution in [1.82, 2.24) is 15.1 Å². The maximum Gasteiger partial charge on any atom is 0.155 e. The zero-order valence-electron chi connectivity index (χ0n) is 20.0. The number of benzene rings is 2. The number of halogens is 1. The van der Waals surface area contributed by atoms with E-state index in [9.17, 15) is 9.90 Å². The first kappa shape index (κ1) is 26.6. The van der Waals surface area contributed by atoms with Gasteiger partial charge in [-0.25, -0.2) is 0 Å². The molecule has 4 rings (SSSR count). The van der Waals surface area contributed by atoms with Crippen molar-refractivity contribution in [2.24, 2.45) is 5.92 Å². The van der Waals surface area contributed by atoms with Crippen LogP contribution in [0.5, 0.6) is 0 Å². The van der Waals surface area contributed by atoms with E-state index in [1.807, 2.05) is 51.2 Å². The topological polar surface area (TPSA) is 81.2 Å². The molecular weight excluding hydrogens is 436 g/mol. The third kappa shape index (κ3) is 8.00. The van der Waals surface area contributed by atoms with Crippen LogP contribution >= 0.6 is 11.6 Å². The number of nitrogens with zero attached hydrogens (tertiary/aromatic N) is 2. The molecule has 0 atom stereocenters. The lowest BCUT2D eigenvalue weighted by molar-refractivity contribution is -0.112. The van der Waals surface area contributed by atoms with Crippen molar-refractivity contribution in [3.63, 3.8) is 0 Å². The van der Waals surface area contributed by atoms with Crippen molar-refractivity contribution in [2.75, 3.05) is 32.5 Å². The number of likely N-dealkylation sites (tertiary alicyclic amines) is 1. The van der Waals surface area contributed by atoms with Crippen LogP contribution in [-0.4, -0.2) is 53.7 Å². The molecule has 2 heterocycles. The van der Waals surface area contributed by atoms with Crippen molar-refractivity contribution in [1.29, 1.82) is 0 Å². The highest BCUT2D eigenvalue weighted by Gasteiger charge is 2.14. The molecule has 1 fully saturated rings. The molecule has 1 aromatic heterocycles. The fourth-order valence-corrected chi connectivity index (χ4v) is 3.66. The number of aliphatic hydroxyl groups is 1. The van der Waals surface area contributed by atoms with Gasteiger partial charge in [-0.05, 0) is 82.2 Å². The molecule has 1 aliphatic heterocycles. The summed E-state index contributed by atoms with van der Waals surface area (Å²) in [6, 6.07) is 11.5. The Hall–Kier alpha value is -2.67. The van der Waals surface area contributed by atoms with Gasteiger partial charge in [0.15, 0.2) is 5.82 Å². The lowest BCUT2D eigenvalue weighted by atomic mass is 9.99. The number of H-pyrrole nitrogens is 1. The molecule has 7 heteroatoms. The first-order valence-electron chi connectivity index (χ1n) is 11.1. The van der Waals surface area contributed by atoms with Gasteiger partial charge in [0.2, 0.25) is 0 Å². The second-order valence-corrected chi connectivity index (χ2v) is 8.95. The summed E-state index contributed by atoms with van der Waals surface area (Å²) in [6.45, 7) is 9.67. The Morgan fingerprint density at radius 1 is 1.27 bits per heavy atom. The summed E-state index contributed by atoms with van der Waals surface area (Å²) in [5.74, 6) is 1.15. The molecule has 33 heavy (non-hydrogen) atoms. The molecule has 3 aromatic rings. The van der Waals surface area contributed by atoms with Gasteiger partial charge in [0.05, 0.1) is 12.1 Å². The molecular formula is C26H35ClN4O2. The van der Waals surface area contributed by atoms with E-state index in [0.29, 0.717) is 10.9 Å². The maximum atomic E-state index is 10.2. The number of aliphatic hydroxyl groups excluding tert-OH is 1. The van der Waals surface area contributed by atoms with Crippen molar-refractivity contribution < 1.29 is 9.90 Å². The predicted molar refractivity (Wildman–Crippen MR) is 139 cm³/mol. The number of piperidine rings is 1. The van der Waals surface area contributed by atoms with Crippen molar-refractivity contribution in [3.8, 4) is 11.1 Å².